The molecule has 1 aromatic rings. The smallest absolute Gasteiger partial charge is 0.262 e. The second-order valence-electron chi connectivity index (χ2n) is 9.35. The van der Waals surface area contributed by atoms with Gasteiger partial charge in [0.1, 0.15) is 5.25 Å². The first-order chi connectivity index (χ1) is 15.6. The molecule has 2 saturated carbocycles. The summed E-state index contributed by atoms with van der Waals surface area (Å²) < 4.78 is 0. The van der Waals surface area contributed by atoms with Crippen LogP contribution >= 0.6 is 11.8 Å². The highest BCUT2D eigenvalue weighted by atomic mass is 32.2. The highest BCUT2D eigenvalue weighted by Gasteiger charge is 2.37. The number of nitrogens with zero attached hydrogens (tertiary/aromatic N) is 3. The third-order valence-corrected chi connectivity index (χ3v) is 7.73. The molecule has 1 saturated heterocycles. The Hall–Kier alpha value is -2.35. The van der Waals surface area contributed by atoms with Crippen molar-refractivity contribution in [2.24, 2.45) is 10.9 Å². The summed E-state index contributed by atoms with van der Waals surface area (Å²) in [6.45, 7) is 2.70. The van der Waals surface area contributed by atoms with Gasteiger partial charge in [-0.3, -0.25) is 14.4 Å². The van der Waals surface area contributed by atoms with Gasteiger partial charge in [-0.25, -0.2) is 0 Å². The molecule has 1 aromatic carbocycles. The number of hydrogen-bond donors (Lipinski definition) is 1. The lowest BCUT2D eigenvalue weighted by Gasteiger charge is -2.27. The summed E-state index contributed by atoms with van der Waals surface area (Å²) in [5.41, 5.74) is 1.20. The molecular formula is C24H30N4O3S. The van der Waals surface area contributed by atoms with Crippen LogP contribution in [-0.4, -0.2) is 63.6 Å². The molecule has 2 aliphatic carbocycles. The Bertz CT molecular complexity index is 935. The van der Waals surface area contributed by atoms with Crippen LogP contribution in [0.5, 0.6) is 0 Å². The number of anilines is 1. The molecule has 32 heavy (non-hydrogen) atoms. The molecule has 0 radical (unpaired) electrons. The van der Waals surface area contributed by atoms with E-state index < -0.39 is 5.25 Å². The summed E-state index contributed by atoms with van der Waals surface area (Å²) in [5.74, 6) is 0.250. The van der Waals surface area contributed by atoms with Crippen molar-refractivity contribution in [2.45, 2.75) is 62.7 Å². The number of piperidine rings is 1. The van der Waals surface area contributed by atoms with Crippen molar-refractivity contribution in [2.75, 3.05) is 25.0 Å². The van der Waals surface area contributed by atoms with Gasteiger partial charge in [-0.1, -0.05) is 17.8 Å². The molecule has 2 aliphatic heterocycles. The predicted molar refractivity (Wildman–Crippen MR) is 126 cm³/mol. The zero-order chi connectivity index (χ0) is 22.1. The first-order valence-electron chi connectivity index (χ1n) is 11.8. The van der Waals surface area contributed by atoms with Gasteiger partial charge >= 0.3 is 0 Å². The molecular weight excluding hydrogens is 424 g/mol. The Labute approximate surface area is 193 Å². The average Bonchev–Trinajstić information content (AvgIpc) is 3.72. The van der Waals surface area contributed by atoms with E-state index in [1.165, 1.54) is 31.0 Å². The van der Waals surface area contributed by atoms with Gasteiger partial charge in [0, 0.05) is 43.3 Å². The highest BCUT2D eigenvalue weighted by Crippen LogP contribution is 2.36. The topological polar surface area (TPSA) is 82.1 Å². The second kappa shape index (κ2) is 9.25. The van der Waals surface area contributed by atoms with Crippen molar-refractivity contribution in [3.63, 3.8) is 0 Å². The van der Waals surface area contributed by atoms with Gasteiger partial charge in [-0.15, -0.1) is 0 Å². The van der Waals surface area contributed by atoms with Gasteiger partial charge in [0.25, 0.3) is 11.8 Å². The summed E-state index contributed by atoms with van der Waals surface area (Å²) in [5, 5.41) is 3.16. The summed E-state index contributed by atoms with van der Waals surface area (Å²) in [7, 11) is 0. The van der Waals surface area contributed by atoms with E-state index in [-0.39, 0.29) is 24.1 Å². The third-order valence-electron chi connectivity index (χ3n) is 6.52. The third kappa shape index (κ3) is 5.17. The molecule has 5 rings (SSSR count). The standard InChI is InChI=1S/C24H30N4O3S/c29-21(14-20-22(30)26-24(32-20)27-11-2-1-3-12-27)25-18-6-4-5-17(13-18)23(31)28(19-9-10-19)15-16-7-8-16/h4-6,13,16,19-20H,1-3,7-12,14-15H2,(H,25,29). The SMILES string of the molecule is O=C(CC1SC(N2CCCCC2)=NC1=O)Nc1cccc(C(=O)N(CC2CC2)C2CC2)c1. The first kappa shape index (κ1) is 21.5. The molecule has 1 unspecified atom stereocenters. The number of amides is 3. The van der Waals surface area contributed by atoms with E-state index in [1.54, 1.807) is 18.2 Å². The van der Waals surface area contributed by atoms with Gasteiger partial charge in [0.2, 0.25) is 5.91 Å². The fraction of sp³-hybridized carbons (Fsp3) is 0.583. The number of benzene rings is 1. The quantitative estimate of drug-likeness (QED) is 0.682. The Morgan fingerprint density at radius 2 is 1.91 bits per heavy atom. The van der Waals surface area contributed by atoms with Gasteiger partial charge in [-0.2, -0.15) is 4.99 Å². The number of rotatable bonds is 7. The van der Waals surface area contributed by atoms with Crippen molar-refractivity contribution in [3.05, 3.63) is 29.8 Å². The number of carbonyl (C=O) groups is 3. The van der Waals surface area contributed by atoms with E-state index >= 15 is 0 Å². The lowest BCUT2D eigenvalue weighted by molar-refractivity contribution is -0.121. The maximum absolute atomic E-state index is 13.1. The van der Waals surface area contributed by atoms with Crippen LogP contribution in [0.25, 0.3) is 0 Å². The zero-order valence-electron chi connectivity index (χ0n) is 18.3. The number of aliphatic imine (C=N–C) groups is 1. The van der Waals surface area contributed by atoms with Gasteiger partial charge < -0.3 is 15.1 Å². The van der Waals surface area contributed by atoms with Crippen LogP contribution in [0.15, 0.2) is 29.3 Å². The van der Waals surface area contributed by atoms with Crippen LogP contribution in [0.2, 0.25) is 0 Å². The number of likely N-dealkylation sites (tertiary alicyclic amines) is 1. The molecule has 0 spiro atoms. The second-order valence-corrected chi connectivity index (χ2v) is 10.5. The molecule has 1 N–H and O–H groups in total. The molecule has 0 bridgehead atoms. The molecule has 3 fully saturated rings. The van der Waals surface area contributed by atoms with E-state index in [1.807, 2.05) is 11.0 Å². The van der Waals surface area contributed by atoms with Crippen molar-refractivity contribution in [3.8, 4) is 0 Å². The first-order valence-corrected chi connectivity index (χ1v) is 12.7. The lowest BCUT2D eigenvalue weighted by atomic mass is 10.1. The van der Waals surface area contributed by atoms with E-state index in [4.69, 9.17) is 0 Å². The van der Waals surface area contributed by atoms with Gasteiger partial charge in [-0.05, 0) is 69.1 Å². The lowest BCUT2D eigenvalue weighted by Crippen LogP contribution is -2.35. The number of amidine groups is 1. The average molecular weight is 455 g/mol. The van der Waals surface area contributed by atoms with Gasteiger partial charge in [0.15, 0.2) is 5.17 Å². The summed E-state index contributed by atoms with van der Waals surface area (Å²) >= 11 is 1.40. The molecule has 4 aliphatic rings. The fourth-order valence-corrected chi connectivity index (χ4v) is 5.49. The molecule has 2 heterocycles. The Morgan fingerprint density at radius 1 is 1.12 bits per heavy atom. The Kier molecular flexibility index (Phi) is 6.22. The minimum Gasteiger partial charge on any atom is -0.351 e. The maximum atomic E-state index is 13.1. The van der Waals surface area contributed by atoms with Crippen LogP contribution < -0.4 is 5.32 Å². The monoisotopic (exact) mass is 454 g/mol. The number of hydrogen-bond acceptors (Lipinski definition) is 5. The molecule has 170 valence electrons. The minimum atomic E-state index is -0.472. The van der Waals surface area contributed by atoms with Crippen molar-refractivity contribution in [1.29, 1.82) is 0 Å². The highest BCUT2D eigenvalue weighted by molar-refractivity contribution is 8.15. The zero-order valence-corrected chi connectivity index (χ0v) is 19.1. The molecule has 8 heteroatoms. The van der Waals surface area contributed by atoms with Gasteiger partial charge in [0.05, 0.1) is 0 Å². The largest absolute Gasteiger partial charge is 0.351 e. The fourth-order valence-electron chi connectivity index (χ4n) is 4.37. The predicted octanol–water partition coefficient (Wildman–Crippen LogP) is 3.51. The normalized spacial score (nSPS) is 23.1. The number of carbonyl (C=O) groups excluding carboxylic acids is 3. The Balaban J connectivity index is 1.17. The van der Waals surface area contributed by atoms with Crippen LogP contribution in [-0.2, 0) is 9.59 Å². The van der Waals surface area contributed by atoms with E-state index in [9.17, 15) is 14.4 Å². The van der Waals surface area contributed by atoms with Crippen LogP contribution in [0, 0.1) is 5.92 Å². The summed E-state index contributed by atoms with van der Waals surface area (Å²) in [4.78, 5) is 46.4. The molecule has 1 atom stereocenters. The van der Waals surface area contributed by atoms with E-state index in [0.717, 1.165) is 50.5 Å². The summed E-state index contributed by atoms with van der Waals surface area (Å²) in [6, 6.07) is 7.53. The maximum Gasteiger partial charge on any atom is 0.262 e. The number of thioether (sulfide) groups is 1. The van der Waals surface area contributed by atoms with Crippen LogP contribution in [0.1, 0.15) is 61.7 Å². The van der Waals surface area contributed by atoms with E-state index in [2.05, 4.69) is 15.2 Å². The molecule has 0 aromatic heterocycles. The minimum absolute atomic E-state index is 0.0524. The van der Waals surface area contributed by atoms with Crippen LogP contribution in [0.4, 0.5) is 5.69 Å². The summed E-state index contributed by atoms with van der Waals surface area (Å²) in [6.07, 6.45) is 8.14. The van der Waals surface area contributed by atoms with Crippen molar-refractivity contribution < 1.29 is 14.4 Å². The van der Waals surface area contributed by atoms with Crippen molar-refractivity contribution in [1.82, 2.24) is 9.80 Å². The number of nitrogens with one attached hydrogen (secondary N) is 1. The van der Waals surface area contributed by atoms with E-state index in [0.29, 0.717) is 23.2 Å². The van der Waals surface area contributed by atoms with Crippen LogP contribution in [0.3, 0.4) is 0 Å². The Morgan fingerprint density at radius 3 is 2.62 bits per heavy atom. The molecule has 7 nitrogen and oxygen atoms in total. The van der Waals surface area contributed by atoms with Crippen molar-refractivity contribution >= 4 is 40.3 Å². The molecule has 3 amide bonds.